The molecule has 3 nitrogen and oxygen atoms in total. The highest BCUT2D eigenvalue weighted by Crippen LogP contribution is 2.17. The van der Waals surface area contributed by atoms with Gasteiger partial charge in [0.25, 0.3) is 0 Å². The smallest absolute Gasteiger partial charge is 0.211 e. The number of methoxy groups -OCH3 is 1. The minimum Gasteiger partial charge on any atom is -0.497 e. The van der Waals surface area contributed by atoms with Crippen LogP contribution < -0.4 is 4.74 Å². The number of rotatable bonds is 3. The van der Waals surface area contributed by atoms with Gasteiger partial charge in [-0.25, -0.2) is 0 Å². The topological polar surface area (TPSA) is 39.2 Å². The van der Waals surface area contributed by atoms with E-state index in [2.05, 4.69) is 4.98 Å². The molecule has 20 heavy (non-hydrogen) atoms. The number of fused-ring (bicyclic) bond motifs is 1. The van der Waals surface area contributed by atoms with Crippen LogP contribution in [0.5, 0.6) is 5.75 Å². The SMILES string of the molecule is COc1ccc(C(=O)c2cc3ccccc3cn2)cc1. The van der Waals surface area contributed by atoms with Gasteiger partial charge in [-0.05, 0) is 35.7 Å². The number of hydrogen-bond donors (Lipinski definition) is 0. The number of pyridine rings is 1. The van der Waals surface area contributed by atoms with Gasteiger partial charge in [0.15, 0.2) is 0 Å². The van der Waals surface area contributed by atoms with E-state index in [1.807, 2.05) is 30.3 Å². The van der Waals surface area contributed by atoms with Crippen LogP contribution in [-0.4, -0.2) is 17.9 Å². The number of carbonyl (C=O) groups excluding carboxylic acids is 1. The van der Waals surface area contributed by atoms with E-state index < -0.39 is 0 Å². The Morgan fingerprint density at radius 2 is 1.70 bits per heavy atom. The lowest BCUT2D eigenvalue weighted by molar-refractivity contribution is 0.103. The Morgan fingerprint density at radius 1 is 1.00 bits per heavy atom. The Hall–Kier alpha value is -2.68. The van der Waals surface area contributed by atoms with Crippen LogP contribution in [0.15, 0.2) is 60.8 Å². The molecule has 0 unspecified atom stereocenters. The molecule has 98 valence electrons. The van der Waals surface area contributed by atoms with Crippen molar-refractivity contribution in [2.45, 2.75) is 0 Å². The highest BCUT2D eigenvalue weighted by molar-refractivity contribution is 6.09. The Bertz CT molecular complexity index is 763. The summed E-state index contributed by atoms with van der Waals surface area (Å²) in [7, 11) is 1.60. The first-order valence-electron chi connectivity index (χ1n) is 6.31. The number of ketones is 1. The third-order valence-corrected chi connectivity index (χ3v) is 3.22. The third-order valence-electron chi connectivity index (χ3n) is 3.22. The van der Waals surface area contributed by atoms with Crippen LogP contribution in [0.2, 0.25) is 0 Å². The molecular weight excluding hydrogens is 250 g/mol. The molecule has 0 radical (unpaired) electrons. The van der Waals surface area contributed by atoms with E-state index in [4.69, 9.17) is 4.74 Å². The number of carbonyl (C=O) groups is 1. The molecule has 0 amide bonds. The maximum atomic E-state index is 12.4. The second-order valence-electron chi connectivity index (χ2n) is 4.47. The summed E-state index contributed by atoms with van der Waals surface area (Å²) in [4.78, 5) is 16.6. The third kappa shape index (κ3) is 2.26. The van der Waals surface area contributed by atoms with Crippen molar-refractivity contribution in [3.63, 3.8) is 0 Å². The maximum Gasteiger partial charge on any atom is 0.211 e. The summed E-state index contributed by atoms with van der Waals surface area (Å²) in [6, 6.07) is 16.7. The fourth-order valence-electron chi connectivity index (χ4n) is 2.10. The average molecular weight is 263 g/mol. The average Bonchev–Trinajstić information content (AvgIpc) is 2.54. The first-order chi connectivity index (χ1) is 9.78. The number of nitrogens with zero attached hydrogens (tertiary/aromatic N) is 1. The van der Waals surface area contributed by atoms with Crippen molar-refractivity contribution in [3.05, 3.63) is 72.1 Å². The molecular formula is C17H13NO2. The summed E-state index contributed by atoms with van der Waals surface area (Å²) in [5.41, 5.74) is 1.06. The van der Waals surface area contributed by atoms with Gasteiger partial charge < -0.3 is 4.74 Å². The molecule has 0 atom stereocenters. The zero-order valence-electron chi connectivity index (χ0n) is 11.0. The first-order valence-corrected chi connectivity index (χ1v) is 6.31. The van der Waals surface area contributed by atoms with Crippen molar-refractivity contribution in [2.75, 3.05) is 7.11 Å². The molecule has 3 heteroatoms. The molecule has 2 aromatic carbocycles. The number of hydrogen-bond acceptors (Lipinski definition) is 3. The van der Waals surface area contributed by atoms with Crippen LogP contribution in [0.4, 0.5) is 0 Å². The minimum atomic E-state index is -0.0848. The molecule has 3 rings (SSSR count). The predicted molar refractivity (Wildman–Crippen MR) is 78.2 cm³/mol. The minimum absolute atomic E-state index is 0.0848. The van der Waals surface area contributed by atoms with Gasteiger partial charge in [-0.1, -0.05) is 24.3 Å². The lowest BCUT2D eigenvalue weighted by Gasteiger charge is -2.04. The Labute approximate surface area is 116 Å². The second-order valence-corrected chi connectivity index (χ2v) is 4.47. The normalized spacial score (nSPS) is 10.4. The van der Waals surface area contributed by atoms with E-state index in [1.165, 1.54) is 0 Å². The molecule has 0 spiro atoms. The van der Waals surface area contributed by atoms with Crippen LogP contribution in [0.3, 0.4) is 0 Å². The van der Waals surface area contributed by atoms with Crippen molar-refractivity contribution in [1.82, 2.24) is 4.98 Å². The van der Waals surface area contributed by atoms with E-state index in [-0.39, 0.29) is 5.78 Å². The quantitative estimate of drug-likeness (QED) is 0.679. The van der Waals surface area contributed by atoms with Gasteiger partial charge in [0.2, 0.25) is 5.78 Å². The van der Waals surface area contributed by atoms with Crippen LogP contribution in [0.25, 0.3) is 10.8 Å². The summed E-state index contributed by atoms with van der Waals surface area (Å²) in [6.45, 7) is 0. The molecule has 0 saturated heterocycles. The van der Waals surface area contributed by atoms with Gasteiger partial charge in [-0.15, -0.1) is 0 Å². The summed E-state index contributed by atoms with van der Waals surface area (Å²) in [6.07, 6.45) is 1.73. The van der Waals surface area contributed by atoms with Gasteiger partial charge in [0, 0.05) is 17.1 Å². The van der Waals surface area contributed by atoms with E-state index >= 15 is 0 Å². The number of benzene rings is 2. The van der Waals surface area contributed by atoms with Crippen molar-refractivity contribution in [2.24, 2.45) is 0 Å². The summed E-state index contributed by atoms with van der Waals surface area (Å²) in [5, 5.41) is 2.04. The molecule has 0 aliphatic rings. The Morgan fingerprint density at radius 3 is 2.40 bits per heavy atom. The van der Waals surface area contributed by atoms with Crippen LogP contribution in [0.1, 0.15) is 16.1 Å². The molecule has 0 saturated carbocycles. The number of ether oxygens (including phenoxy) is 1. The summed E-state index contributed by atoms with van der Waals surface area (Å²) in [5.74, 6) is 0.645. The van der Waals surface area contributed by atoms with Crippen LogP contribution >= 0.6 is 0 Å². The fourth-order valence-corrected chi connectivity index (χ4v) is 2.10. The highest BCUT2D eigenvalue weighted by atomic mass is 16.5. The molecule has 0 aliphatic heterocycles. The van der Waals surface area contributed by atoms with Crippen molar-refractivity contribution in [1.29, 1.82) is 0 Å². The summed E-state index contributed by atoms with van der Waals surface area (Å²) < 4.78 is 5.09. The maximum absolute atomic E-state index is 12.4. The largest absolute Gasteiger partial charge is 0.497 e. The summed E-state index contributed by atoms with van der Waals surface area (Å²) >= 11 is 0. The van der Waals surface area contributed by atoms with E-state index in [0.29, 0.717) is 11.3 Å². The molecule has 1 aromatic heterocycles. The van der Waals surface area contributed by atoms with Gasteiger partial charge >= 0.3 is 0 Å². The number of aromatic nitrogens is 1. The zero-order valence-corrected chi connectivity index (χ0v) is 11.0. The first kappa shape index (κ1) is 12.4. The second kappa shape index (κ2) is 5.13. The lowest BCUT2D eigenvalue weighted by Crippen LogP contribution is -2.03. The molecule has 1 heterocycles. The van der Waals surface area contributed by atoms with Crippen molar-refractivity contribution in [3.8, 4) is 5.75 Å². The highest BCUT2D eigenvalue weighted by Gasteiger charge is 2.11. The van der Waals surface area contributed by atoms with E-state index in [0.717, 1.165) is 16.5 Å². The molecule has 0 aliphatic carbocycles. The monoisotopic (exact) mass is 263 g/mol. The van der Waals surface area contributed by atoms with Gasteiger partial charge in [0.05, 0.1) is 7.11 Å². The Kier molecular flexibility index (Phi) is 3.17. The zero-order chi connectivity index (χ0) is 13.9. The molecule has 3 aromatic rings. The molecule has 0 N–H and O–H groups in total. The predicted octanol–water partition coefficient (Wildman–Crippen LogP) is 3.47. The van der Waals surface area contributed by atoms with Crippen LogP contribution in [0, 0.1) is 0 Å². The fraction of sp³-hybridized carbons (Fsp3) is 0.0588. The lowest BCUT2D eigenvalue weighted by atomic mass is 10.1. The van der Waals surface area contributed by atoms with Crippen LogP contribution in [-0.2, 0) is 0 Å². The van der Waals surface area contributed by atoms with E-state index in [9.17, 15) is 4.79 Å². The van der Waals surface area contributed by atoms with Gasteiger partial charge in [0.1, 0.15) is 11.4 Å². The van der Waals surface area contributed by atoms with E-state index in [1.54, 1.807) is 37.6 Å². The van der Waals surface area contributed by atoms with Crippen molar-refractivity contribution >= 4 is 16.6 Å². The molecule has 0 fully saturated rings. The van der Waals surface area contributed by atoms with Crippen molar-refractivity contribution < 1.29 is 9.53 Å². The molecule has 0 bridgehead atoms. The Balaban J connectivity index is 1.98. The standard InChI is InChI=1S/C17H13NO2/c1-20-15-8-6-12(7-9-15)17(19)16-10-13-4-2-3-5-14(13)11-18-16/h2-11H,1H3. The van der Waals surface area contributed by atoms with Gasteiger partial charge in [-0.3, -0.25) is 9.78 Å². The van der Waals surface area contributed by atoms with Gasteiger partial charge in [-0.2, -0.15) is 0 Å².